The summed E-state index contributed by atoms with van der Waals surface area (Å²) in [5, 5.41) is 4.07. The van der Waals surface area contributed by atoms with Crippen LogP contribution in [0.25, 0.3) is 0 Å². The Morgan fingerprint density at radius 3 is 2.80 bits per heavy atom. The van der Waals surface area contributed by atoms with E-state index < -0.39 is 0 Å². The number of hydrogen-bond donors (Lipinski definition) is 1. The third kappa shape index (κ3) is 1.88. The Morgan fingerprint density at radius 2 is 2.33 bits per heavy atom. The van der Waals surface area contributed by atoms with Crippen molar-refractivity contribution < 1.29 is 9.53 Å². The molecule has 1 aromatic rings. The van der Waals surface area contributed by atoms with Gasteiger partial charge in [0, 0.05) is 14.0 Å². The zero-order valence-corrected chi connectivity index (χ0v) is 8.80. The van der Waals surface area contributed by atoms with E-state index in [-0.39, 0.29) is 12.0 Å². The average molecular weight is 210 g/mol. The van der Waals surface area contributed by atoms with Gasteiger partial charge in [0.2, 0.25) is 5.91 Å². The molecule has 1 amide bonds. The first kappa shape index (κ1) is 9.82. The molecule has 2 heterocycles. The molecule has 0 spiro atoms. The van der Waals surface area contributed by atoms with Gasteiger partial charge in [-0.15, -0.1) is 5.10 Å². The highest BCUT2D eigenvalue weighted by Gasteiger charge is 2.31. The number of aryl methyl sites for hydroxylation is 1. The van der Waals surface area contributed by atoms with Crippen molar-refractivity contribution in [1.82, 2.24) is 14.7 Å². The zero-order valence-electron chi connectivity index (χ0n) is 8.80. The van der Waals surface area contributed by atoms with Gasteiger partial charge in [0.05, 0.1) is 19.3 Å². The first-order valence-electron chi connectivity index (χ1n) is 4.77. The fraction of sp³-hybridized carbons (Fsp3) is 0.556. The summed E-state index contributed by atoms with van der Waals surface area (Å²) in [7, 11) is 1.78. The molecule has 0 unspecified atom stereocenters. The molecule has 0 radical (unpaired) electrons. The Morgan fingerprint density at radius 1 is 1.67 bits per heavy atom. The quantitative estimate of drug-likeness (QED) is 0.721. The number of nitrogen functional groups attached to an aromatic ring is 1. The third-order valence-electron chi connectivity index (χ3n) is 2.39. The van der Waals surface area contributed by atoms with Gasteiger partial charge in [0.1, 0.15) is 11.8 Å². The van der Waals surface area contributed by atoms with Gasteiger partial charge in [0.15, 0.2) is 0 Å². The second-order valence-electron chi connectivity index (χ2n) is 3.73. The number of likely N-dealkylation sites (tertiary alicyclic amines) is 1. The van der Waals surface area contributed by atoms with Gasteiger partial charge in [0.25, 0.3) is 5.88 Å². The molecule has 0 atom stereocenters. The SMILES string of the molecule is CC(=O)N1CC(Oc2nn(C)cc2N)C1. The fourth-order valence-electron chi connectivity index (χ4n) is 1.51. The summed E-state index contributed by atoms with van der Waals surface area (Å²) in [5.74, 6) is 0.523. The molecular weight excluding hydrogens is 196 g/mol. The molecule has 0 bridgehead atoms. The summed E-state index contributed by atoms with van der Waals surface area (Å²) >= 11 is 0. The van der Waals surface area contributed by atoms with Crippen LogP contribution in [0.4, 0.5) is 5.69 Å². The molecule has 2 N–H and O–H groups in total. The van der Waals surface area contributed by atoms with E-state index in [2.05, 4.69) is 5.10 Å². The zero-order chi connectivity index (χ0) is 11.0. The minimum atomic E-state index is 0.0195. The summed E-state index contributed by atoms with van der Waals surface area (Å²) in [4.78, 5) is 12.6. The van der Waals surface area contributed by atoms with Crippen LogP contribution in [-0.2, 0) is 11.8 Å². The van der Waals surface area contributed by atoms with Crippen LogP contribution in [-0.4, -0.2) is 39.8 Å². The molecule has 0 aromatic carbocycles. The predicted octanol–water partition coefficient (Wildman–Crippen LogP) is -0.388. The summed E-state index contributed by atoms with van der Waals surface area (Å²) in [5.41, 5.74) is 6.20. The maximum absolute atomic E-state index is 10.9. The number of rotatable bonds is 2. The van der Waals surface area contributed by atoms with Gasteiger partial charge in [-0.05, 0) is 0 Å². The molecule has 1 aliphatic heterocycles. The highest BCUT2D eigenvalue weighted by Crippen LogP contribution is 2.22. The first-order chi connectivity index (χ1) is 7.06. The molecule has 2 rings (SSSR count). The summed E-state index contributed by atoms with van der Waals surface area (Å²) in [6.07, 6.45) is 1.71. The number of carbonyl (C=O) groups excluding carboxylic acids is 1. The van der Waals surface area contributed by atoms with Crippen LogP contribution in [0.1, 0.15) is 6.92 Å². The van der Waals surface area contributed by atoms with E-state index in [1.807, 2.05) is 0 Å². The molecule has 1 fully saturated rings. The molecule has 1 saturated heterocycles. The lowest BCUT2D eigenvalue weighted by Gasteiger charge is -2.37. The maximum Gasteiger partial charge on any atom is 0.256 e. The molecule has 82 valence electrons. The van der Waals surface area contributed by atoms with E-state index >= 15 is 0 Å². The summed E-state index contributed by atoms with van der Waals surface area (Å²) < 4.78 is 7.13. The van der Waals surface area contributed by atoms with Crippen molar-refractivity contribution in [1.29, 1.82) is 0 Å². The van der Waals surface area contributed by atoms with Gasteiger partial charge in [-0.1, -0.05) is 0 Å². The topological polar surface area (TPSA) is 73.4 Å². The number of anilines is 1. The minimum Gasteiger partial charge on any atom is -0.468 e. The highest BCUT2D eigenvalue weighted by atomic mass is 16.5. The minimum absolute atomic E-state index is 0.0195. The van der Waals surface area contributed by atoms with Crippen LogP contribution in [0.3, 0.4) is 0 Å². The van der Waals surface area contributed by atoms with Crippen molar-refractivity contribution in [2.24, 2.45) is 7.05 Å². The summed E-state index contributed by atoms with van der Waals surface area (Å²) in [6.45, 7) is 2.78. The Bertz CT molecular complexity index is 381. The smallest absolute Gasteiger partial charge is 0.256 e. The van der Waals surface area contributed by atoms with Crippen molar-refractivity contribution in [3.05, 3.63) is 6.20 Å². The van der Waals surface area contributed by atoms with Crippen molar-refractivity contribution >= 4 is 11.6 Å². The molecule has 6 nitrogen and oxygen atoms in total. The van der Waals surface area contributed by atoms with Crippen molar-refractivity contribution in [2.45, 2.75) is 13.0 Å². The number of aromatic nitrogens is 2. The second-order valence-corrected chi connectivity index (χ2v) is 3.73. The standard InChI is InChI=1S/C9H14N4O2/c1-6(14)13-3-7(4-13)15-9-8(10)5-12(2)11-9/h5,7H,3-4,10H2,1-2H3. The van der Waals surface area contributed by atoms with Crippen LogP contribution in [0.15, 0.2) is 6.20 Å². The normalized spacial score (nSPS) is 16.3. The van der Waals surface area contributed by atoms with Gasteiger partial charge in [-0.3, -0.25) is 9.48 Å². The molecule has 6 heteroatoms. The number of amides is 1. The largest absolute Gasteiger partial charge is 0.468 e. The van der Waals surface area contributed by atoms with Crippen LogP contribution in [0, 0.1) is 0 Å². The van der Waals surface area contributed by atoms with Crippen molar-refractivity contribution in [3.8, 4) is 5.88 Å². The molecule has 0 aliphatic carbocycles. The number of nitrogens with two attached hydrogens (primary N) is 1. The van der Waals surface area contributed by atoms with Crippen molar-refractivity contribution in [3.63, 3.8) is 0 Å². The lowest BCUT2D eigenvalue weighted by atomic mass is 10.2. The van der Waals surface area contributed by atoms with E-state index in [9.17, 15) is 4.79 Å². The molecule has 15 heavy (non-hydrogen) atoms. The molecule has 1 aliphatic rings. The van der Waals surface area contributed by atoms with Crippen LogP contribution >= 0.6 is 0 Å². The number of hydrogen-bond acceptors (Lipinski definition) is 4. The van der Waals surface area contributed by atoms with Crippen molar-refractivity contribution in [2.75, 3.05) is 18.8 Å². The Balaban J connectivity index is 1.90. The maximum atomic E-state index is 10.9. The molecular formula is C9H14N4O2. The lowest BCUT2D eigenvalue weighted by molar-refractivity contribution is -0.137. The highest BCUT2D eigenvalue weighted by molar-refractivity contribution is 5.74. The summed E-state index contributed by atoms with van der Waals surface area (Å²) in [6, 6.07) is 0. The van der Waals surface area contributed by atoms with E-state index in [0.717, 1.165) is 0 Å². The number of nitrogens with zero attached hydrogens (tertiary/aromatic N) is 3. The monoisotopic (exact) mass is 210 g/mol. The third-order valence-corrected chi connectivity index (χ3v) is 2.39. The fourth-order valence-corrected chi connectivity index (χ4v) is 1.51. The Kier molecular flexibility index (Phi) is 2.26. The van der Waals surface area contributed by atoms with Crippen LogP contribution in [0.2, 0.25) is 0 Å². The Hall–Kier alpha value is -1.72. The molecule has 0 saturated carbocycles. The van der Waals surface area contributed by atoms with E-state index in [1.165, 1.54) is 0 Å². The molecule has 1 aromatic heterocycles. The van der Waals surface area contributed by atoms with Gasteiger partial charge >= 0.3 is 0 Å². The average Bonchev–Trinajstić information content (AvgIpc) is 2.36. The predicted molar refractivity (Wildman–Crippen MR) is 54.3 cm³/mol. The van der Waals surface area contributed by atoms with Gasteiger partial charge in [-0.2, -0.15) is 0 Å². The second kappa shape index (κ2) is 3.45. The first-order valence-corrected chi connectivity index (χ1v) is 4.77. The van der Waals surface area contributed by atoms with Crippen LogP contribution < -0.4 is 10.5 Å². The van der Waals surface area contributed by atoms with E-state index in [1.54, 1.807) is 29.7 Å². The van der Waals surface area contributed by atoms with Gasteiger partial charge in [-0.25, -0.2) is 0 Å². The lowest BCUT2D eigenvalue weighted by Crippen LogP contribution is -2.55. The Labute approximate surface area is 87.6 Å². The van der Waals surface area contributed by atoms with E-state index in [0.29, 0.717) is 24.7 Å². The van der Waals surface area contributed by atoms with Gasteiger partial charge < -0.3 is 15.4 Å². The van der Waals surface area contributed by atoms with Crippen LogP contribution in [0.5, 0.6) is 5.88 Å². The number of carbonyl (C=O) groups is 1. The number of ether oxygens (including phenoxy) is 1. The van der Waals surface area contributed by atoms with E-state index in [4.69, 9.17) is 10.5 Å².